The van der Waals surface area contributed by atoms with E-state index in [4.69, 9.17) is 16.3 Å². The summed E-state index contributed by atoms with van der Waals surface area (Å²) in [5.74, 6) is 0.175. The summed E-state index contributed by atoms with van der Waals surface area (Å²) in [5.41, 5.74) is 0.130. The Morgan fingerprint density at radius 1 is 1.55 bits per heavy atom. The number of aromatic amines is 1. The highest BCUT2D eigenvalue weighted by molar-refractivity contribution is 8.01. The van der Waals surface area contributed by atoms with Gasteiger partial charge in [-0.05, 0) is 41.7 Å². The van der Waals surface area contributed by atoms with Gasteiger partial charge in [-0.25, -0.2) is 9.78 Å². The maximum atomic E-state index is 11.7. The zero-order chi connectivity index (χ0) is 15.5. The van der Waals surface area contributed by atoms with Gasteiger partial charge in [-0.2, -0.15) is 4.37 Å². The van der Waals surface area contributed by atoms with Crippen LogP contribution in [0.15, 0.2) is 26.9 Å². The van der Waals surface area contributed by atoms with E-state index in [9.17, 15) is 4.79 Å². The third-order valence-corrected chi connectivity index (χ3v) is 5.82. The molecule has 0 spiro atoms. The van der Waals surface area contributed by atoms with E-state index in [0.29, 0.717) is 15.2 Å². The Kier molecular flexibility index (Phi) is 4.77. The zero-order valence-electron chi connectivity index (χ0n) is 11.2. The highest BCUT2D eigenvalue weighted by Gasteiger charge is 2.21. The van der Waals surface area contributed by atoms with Gasteiger partial charge in [0.25, 0.3) is 0 Å². The van der Waals surface area contributed by atoms with Crippen LogP contribution in [0.25, 0.3) is 10.7 Å². The number of aromatic nitrogens is 4. The molecule has 0 amide bonds. The van der Waals surface area contributed by atoms with Gasteiger partial charge in [0.2, 0.25) is 5.16 Å². The zero-order valence-corrected chi connectivity index (χ0v) is 14.4. The first-order chi connectivity index (χ1) is 10.7. The van der Waals surface area contributed by atoms with Crippen molar-refractivity contribution in [3.05, 3.63) is 28.2 Å². The van der Waals surface area contributed by atoms with Crippen LogP contribution in [-0.4, -0.2) is 32.1 Å². The molecule has 3 heterocycles. The van der Waals surface area contributed by atoms with Gasteiger partial charge in [-0.1, -0.05) is 17.7 Å². The van der Waals surface area contributed by atoms with Crippen molar-refractivity contribution in [1.82, 2.24) is 19.6 Å². The fourth-order valence-electron chi connectivity index (χ4n) is 1.55. The fourth-order valence-corrected chi connectivity index (χ4v) is 4.19. The molecule has 0 saturated carbocycles. The minimum atomic E-state index is -0.523. The number of halogens is 1. The number of esters is 1. The van der Waals surface area contributed by atoms with E-state index >= 15 is 0 Å². The molecule has 0 bridgehead atoms. The molecule has 10 heteroatoms. The summed E-state index contributed by atoms with van der Waals surface area (Å²) in [6, 6.07) is 3.90. The van der Waals surface area contributed by atoms with Crippen molar-refractivity contribution in [2.24, 2.45) is 0 Å². The predicted molar refractivity (Wildman–Crippen MR) is 86.9 cm³/mol. The summed E-state index contributed by atoms with van der Waals surface area (Å²) < 4.78 is 9.59. The normalized spacial score (nSPS) is 10.8. The molecule has 1 N–H and O–H groups in total. The van der Waals surface area contributed by atoms with E-state index in [2.05, 4.69) is 19.6 Å². The Morgan fingerprint density at radius 2 is 2.41 bits per heavy atom. The molecule has 0 aromatic carbocycles. The van der Waals surface area contributed by atoms with Crippen LogP contribution in [0, 0.1) is 0 Å². The summed E-state index contributed by atoms with van der Waals surface area (Å²) in [5, 5.41) is 9.77. The smallest absolute Gasteiger partial charge is 0.359 e. The highest BCUT2D eigenvalue weighted by Crippen LogP contribution is 2.37. The second-order valence-corrected chi connectivity index (χ2v) is 7.23. The van der Waals surface area contributed by atoms with Crippen LogP contribution in [-0.2, 0) is 4.74 Å². The standard InChI is InChI=1S/C12H9ClN4O2S3/c1-2-19-10(18)8-7(13)11(22-17-8)21-12-14-9(15-16-12)6-4-3-5-20-6/h3-5H,2H2,1H3,(H,14,15,16). The van der Waals surface area contributed by atoms with Crippen LogP contribution in [0.1, 0.15) is 17.4 Å². The quantitative estimate of drug-likeness (QED) is 0.682. The fraction of sp³-hybridized carbons (Fsp3) is 0.167. The van der Waals surface area contributed by atoms with Crippen molar-refractivity contribution in [1.29, 1.82) is 0 Å². The van der Waals surface area contributed by atoms with E-state index in [1.54, 1.807) is 18.3 Å². The number of hydrogen-bond donors (Lipinski definition) is 1. The maximum Gasteiger partial charge on any atom is 0.359 e. The molecule has 114 valence electrons. The molecular formula is C12H9ClN4O2S3. The average Bonchev–Trinajstić information content (AvgIpc) is 3.22. The summed E-state index contributed by atoms with van der Waals surface area (Å²) in [7, 11) is 0. The molecule has 0 aliphatic heterocycles. The van der Waals surface area contributed by atoms with Crippen LogP contribution >= 0.6 is 46.2 Å². The third-order valence-electron chi connectivity index (χ3n) is 2.48. The van der Waals surface area contributed by atoms with E-state index < -0.39 is 5.97 Å². The Balaban J connectivity index is 1.78. The molecular weight excluding hydrogens is 364 g/mol. The van der Waals surface area contributed by atoms with E-state index in [0.717, 1.165) is 16.4 Å². The summed E-state index contributed by atoms with van der Waals surface area (Å²) in [6.45, 7) is 2.01. The first-order valence-electron chi connectivity index (χ1n) is 6.15. The number of nitrogens with zero attached hydrogens (tertiary/aromatic N) is 3. The molecule has 3 aromatic heterocycles. The number of hydrogen-bond acceptors (Lipinski definition) is 8. The van der Waals surface area contributed by atoms with Crippen molar-refractivity contribution < 1.29 is 9.53 Å². The van der Waals surface area contributed by atoms with Crippen LogP contribution < -0.4 is 0 Å². The summed E-state index contributed by atoms with van der Waals surface area (Å²) >= 11 is 10.1. The van der Waals surface area contributed by atoms with Crippen molar-refractivity contribution in [2.45, 2.75) is 16.3 Å². The second kappa shape index (κ2) is 6.78. The van der Waals surface area contributed by atoms with Crippen molar-refractivity contribution in [3.63, 3.8) is 0 Å². The lowest BCUT2D eigenvalue weighted by Crippen LogP contribution is -2.05. The van der Waals surface area contributed by atoms with Gasteiger partial charge < -0.3 is 4.74 Å². The van der Waals surface area contributed by atoms with Crippen molar-refractivity contribution in [2.75, 3.05) is 6.61 Å². The van der Waals surface area contributed by atoms with Gasteiger partial charge in [0.1, 0.15) is 9.23 Å². The van der Waals surface area contributed by atoms with Crippen molar-refractivity contribution in [3.8, 4) is 10.7 Å². The van der Waals surface area contributed by atoms with Crippen molar-refractivity contribution >= 4 is 52.2 Å². The van der Waals surface area contributed by atoms with E-state index in [1.165, 1.54) is 11.8 Å². The number of carbonyl (C=O) groups is 1. The number of ether oxygens (including phenoxy) is 1. The van der Waals surface area contributed by atoms with Gasteiger partial charge in [0.05, 0.1) is 11.5 Å². The molecule has 0 atom stereocenters. The van der Waals surface area contributed by atoms with Crippen LogP contribution in [0.3, 0.4) is 0 Å². The van der Waals surface area contributed by atoms with Gasteiger partial charge in [-0.15, -0.1) is 16.4 Å². The monoisotopic (exact) mass is 372 g/mol. The number of thiophene rings is 1. The minimum absolute atomic E-state index is 0.130. The molecule has 0 radical (unpaired) electrons. The topological polar surface area (TPSA) is 80.8 Å². The summed E-state index contributed by atoms with van der Waals surface area (Å²) in [6.07, 6.45) is 0. The molecule has 3 rings (SSSR count). The molecule has 3 aromatic rings. The van der Waals surface area contributed by atoms with Crippen LogP contribution in [0.4, 0.5) is 0 Å². The number of rotatable bonds is 5. The lowest BCUT2D eigenvalue weighted by Gasteiger charge is -1.97. The number of H-pyrrole nitrogens is 1. The predicted octanol–water partition coefficient (Wildman–Crippen LogP) is 3.97. The summed E-state index contributed by atoms with van der Waals surface area (Å²) in [4.78, 5) is 17.1. The van der Waals surface area contributed by atoms with E-state index in [1.807, 2.05) is 17.5 Å². The second-order valence-electron chi connectivity index (χ2n) is 3.90. The van der Waals surface area contributed by atoms with E-state index in [-0.39, 0.29) is 17.3 Å². The van der Waals surface area contributed by atoms with Gasteiger partial charge in [-0.3, -0.25) is 5.10 Å². The molecule has 0 unspecified atom stereocenters. The maximum absolute atomic E-state index is 11.7. The molecule has 0 fully saturated rings. The molecule has 0 aliphatic carbocycles. The first kappa shape index (κ1) is 15.5. The first-order valence-corrected chi connectivity index (χ1v) is 9.00. The minimum Gasteiger partial charge on any atom is -0.461 e. The Hall–Kier alpha value is -1.42. The number of nitrogens with one attached hydrogen (secondary N) is 1. The van der Waals surface area contributed by atoms with Gasteiger partial charge >= 0.3 is 5.97 Å². The third kappa shape index (κ3) is 3.17. The SMILES string of the molecule is CCOC(=O)c1nsc(Sc2n[nH]c(-c3cccs3)n2)c1Cl. The Bertz CT molecular complexity index is 784. The molecule has 22 heavy (non-hydrogen) atoms. The molecule has 0 aliphatic rings. The lowest BCUT2D eigenvalue weighted by molar-refractivity contribution is 0.0521. The molecule has 6 nitrogen and oxygen atoms in total. The van der Waals surface area contributed by atoms with Gasteiger partial charge in [0.15, 0.2) is 11.5 Å². The lowest BCUT2D eigenvalue weighted by atomic mass is 10.4. The van der Waals surface area contributed by atoms with Crippen LogP contribution in [0.5, 0.6) is 0 Å². The Morgan fingerprint density at radius 3 is 3.14 bits per heavy atom. The largest absolute Gasteiger partial charge is 0.461 e. The Labute approximate surface area is 143 Å². The van der Waals surface area contributed by atoms with Gasteiger partial charge in [0, 0.05) is 0 Å². The average molecular weight is 373 g/mol. The number of carbonyl (C=O) groups excluding carboxylic acids is 1. The molecule has 0 saturated heterocycles. The highest BCUT2D eigenvalue weighted by atomic mass is 35.5. The van der Waals surface area contributed by atoms with Crippen LogP contribution in [0.2, 0.25) is 5.02 Å².